The zero-order chi connectivity index (χ0) is 16.6. The minimum absolute atomic E-state index is 0.539. The number of piperazine rings is 1. The summed E-state index contributed by atoms with van der Waals surface area (Å²) in [5, 5.41) is 0. The molecule has 4 nitrogen and oxygen atoms in total. The fraction of sp³-hybridized carbons (Fsp3) is 0.786. The molecule has 128 valence electrons. The van der Waals surface area contributed by atoms with Crippen molar-refractivity contribution in [1.82, 2.24) is 14.4 Å². The molecular formula is C14H28BF3N4. The average molecular weight is 320 g/mol. The van der Waals surface area contributed by atoms with E-state index >= 15 is 0 Å². The number of nitrogens with zero attached hydrogens (tertiary/aromatic N) is 4. The number of aromatic nitrogens is 2. The lowest BCUT2D eigenvalue weighted by atomic mass is 9.91. The highest BCUT2D eigenvalue weighted by Gasteiger charge is 2.27. The lowest BCUT2D eigenvalue weighted by Gasteiger charge is -2.35. The van der Waals surface area contributed by atoms with Crippen LogP contribution in [-0.2, 0) is 13.6 Å². The van der Waals surface area contributed by atoms with Crippen molar-refractivity contribution in [1.29, 1.82) is 0 Å². The average Bonchev–Trinajstić information content (AvgIpc) is 2.84. The van der Waals surface area contributed by atoms with E-state index in [0.717, 1.165) is 19.6 Å². The molecule has 8 heteroatoms. The monoisotopic (exact) mass is 320 g/mol. The van der Waals surface area contributed by atoms with Gasteiger partial charge in [0.2, 0.25) is 6.33 Å². The molecule has 2 rings (SSSR count). The van der Waals surface area contributed by atoms with Crippen LogP contribution in [0.4, 0.5) is 12.9 Å². The molecule has 1 fully saturated rings. The quantitative estimate of drug-likeness (QED) is 0.606. The normalized spacial score (nSPS) is 17.2. The smallest absolute Gasteiger partial charge is 0.448 e. The summed E-state index contributed by atoms with van der Waals surface area (Å²) in [6, 6.07) is 0. The maximum Gasteiger partial charge on any atom is 0.492 e. The van der Waals surface area contributed by atoms with E-state index in [4.69, 9.17) is 0 Å². The van der Waals surface area contributed by atoms with Crippen LogP contribution in [0.1, 0.15) is 19.8 Å². The Labute approximate surface area is 131 Å². The van der Waals surface area contributed by atoms with Crippen LogP contribution in [0.25, 0.3) is 0 Å². The first-order chi connectivity index (χ1) is 10.3. The van der Waals surface area contributed by atoms with Gasteiger partial charge >= 0.3 is 6.98 Å². The highest BCUT2D eigenvalue weighted by atomic mass is 19.4. The van der Waals surface area contributed by atoms with Gasteiger partial charge in [0.15, 0.2) is 0 Å². The van der Waals surface area contributed by atoms with E-state index < -0.39 is 13.4 Å². The van der Waals surface area contributed by atoms with E-state index in [9.17, 15) is 12.9 Å². The summed E-state index contributed by atoms with van der Waals surface area (Å²) in [7, 11) is 3.97. The van der Waals surface area contributed by atoms with Crippen molar-refractivity contribution in [3.05, 3.63) is 18.7 Å². The summed E-state index contributed by atoms with van der Waals surface area (Å²) in [5.41, 5.74) is 0. The highest BCUT2D eigenvalue weighted by Crippen LogP contribution is 2.11. The number of halogens is 3. The van der Waals surface area contributed by atoms with E-state index in [1.54, 1.807) is 0 Å². The number of aryl methyl sites for hydroxylation is 2. The zero-order valence-corrected chi connectivity index (χ0v) is 13.9. The fourth-order valence-electron chi connectivity index (χ4n) is 2.30. The molecular weight excluding hydrogens is 292 g/mol. The van der Waals surface area contributed by atoms with Crippen LogP contribution < -0.4 is 4.57 Å². The Kier molecular flexibility index (Phi) is 7.96. The summed E-state index contributed by atoms with van der Waals surface area (Å²) in [5.74, 6) is 0. The Morgan fingerprint density at radius 3 is 2.23 bits per heavy atom. The van der Waals surface area contributed by atoms with Crippen LogP contribution in [0.5, 0.6) is 0 Å². The van der Waals surface area contributed by atoms with Gasteiger partial charge in [-0.1, -0.05) is 13.3 Å². The van der Waals surface area contributed by atoms with Gasteiger partial charge in [0, 0.05) is 26.2 Å². The molecule has 0 bridgehead atoms. The minimum atomic E-state index is -4.64. The molecule has 0 unspecified atom stereocenters. The topological polar surface area (TPSA) is 15.3 Å². The predicted octanol–water partition coefficient (Wildman–Crippen LogP) is 1.73. The number of unbranched alkanes of at least 4 members (excludes halogenated alkanes) is 1. The SMILES string of the molecule is CCCCn1cc[n+](C)c1.CN1CCN(C[B-](F)(F)F)CC1. The molecule has 0 N–H and O–H groups in total. The predicted molar refractivity (Wildman–Crippen MR) is 83.5 cm³/mol. The minimum Gasteiger partial charge on any atom is -0.448 e. The van der Waals surface area contributed by atoms with Gasteiger partial charge in [0.05, 0.1) is 13.6 Å². The molecule has 1 saturated heterocycles. The maximum atomic E-state index is 11.9. The molecule has 0 atom stereocenters. The molecule has 1 aliphatic rings. The van der Waals surface area contributed by atoms with E-state index in [1.165, 1.54) is 17.7 Å². The molecule has 0 spiro atoms. The molecule has 0 saturated carbocycles. The van der Waals surface area contributed by atoms with E-state index in [0.29, 0.717) is 13.1 Å². The van der Waals surface area contributed by atoms with Crippen LogP contribution in [0.15, 0.2) is 18.7 Å². The lowest BCUT2D eigenvalue weighted by molar-refractivity contribution is -0.671. The Bertz CT molecular complexity index is 414. The summed E-state index contributed by atoms with van der Waals surface area (Å²) in [6.07, 6.45) is 8.12. The number of hydrogen-bond donors (Lipinski definition) is 0. The molecule has 1 aliphatic heterocycles. The largest absolute Gasteiger partial charge is 0.492 e. The van der Waals surface area contributed by atoms with Gasteiger partial charge in [0.1, 0.15) is 12.4 Å². The van der Waals surface area contributed by atoms with Crippen molar-refractivity contribution in [2.24, 2.45) is 7.05 Å². The second-order valence-corrected chi connectivity index (χ2v) is 5.98. The van der Waals surface area contributed by atoms with Gasteiger partial charge in [0.25, 0.3) is 0 Å². The van der Waals surface area contributed by atoms with Crippen molar-refractivity contribution in [2.45, 2.75) is 26.3 Å². The van der Waals surface area contributed by atoms with Crippen molar-refractivity contribution in [3.8, 4) is 0 Å². The molecule has 0 radical (unpaired) electrons. The van der Waals surface area contributed by atoms with Crippen LogP contribution in [0, 0.1) is 0 Å². The number of rotatable bonds is 5. The third-order valence-electron chi connectivity index (χ3n) is 3.65. The standard InChI is InChI=1S/C8H15N2.C6H13BF3N2/c1-3-4-5-10-7-6-9(2)8-10;1-11-2-4-12(5-3-11)6-7(8,9)10/h6-8H,3-5H2,1-2H3;2-6H2,1H3/q+1;-1. The molecule has 22 heavy (non-hydrogen) atoms. The molecule has 2 heterocycles. The fourth-order valence-corrected chi connectivity index (χ4v) is 2.30. The number of hydrogen-bond acceptors (Lipinski definition) is 2. The third-order valence-corrected chi connectivity index (χ3v) is 3.65. The Morgan fingerprint density at radius 1 is 1.14 bits per heavy atom. The van der Waals surface area contributed by atoms with Crippen molar-refractivity contribution < 1.29 is 17.5 Å². The zero-order valence-electron chi connectivity index (χ0n) is 13.9. The van der Waals surface area contributed by atoms with Gasteiger partial charge in [-0.15, -0.1) is 0 Å². The first kappa shape index (κ1) is 19.0. The van der Waals surface area contributed by atoms with E-state index in [1.807, 2.05) is 19.0 Å². The van der Waals surface area contributed by atoms with E-state index in [-0.39, 0.29) is 0 Å². The van der Waals surface area contributed by atoms with Crippen LogP contribution in [0.3, 0.4) is 0 Å². The summed E-state index contributed by atoms with van der Waals surface area (Å²) in [6.45, 7) is 1.29. The van der Waals surface area contributed by atoms with Gasteiger partial charge in [-0.3, -0.25) is 0 Å². The molecule has 0 amide bonds. The van der Waals surface area contributed by atoms with Gasteiger partial charge in [-0.05, 0) is 19.9 Å². The first-order valence-electron chi connectivity index (χ1n) is 7.93. The second kappa shape index (κ2) is 9.20. The van der Waals surface area contributed by atoms with Gasteiger partial charge < -0.3 is 22.7 Å². The first-order valence-corrected chi connectivity index (χ1v) is 7.93. The molecule has 1 aromatic heterocycles. The van der Waals surface area contributed by atoms with Gasteiger partial charge in [-0.25, -0.2) is 9.13 Å². The second-order valence-electron chi connectivity index (χ2n) is 5.98. The number of likely N-dealkylation sites (N-methyl/N-ethyl adjacent to an activating group) is 1. The van der Waals surface area contributed by atoms with Crippen LogP contribution in [-0.4, -0.2) is 61.0 Å². The third kappa shape index (κ3) is 8.43. The Balaban J connectivity index is 0.000000224. The highest BCUT2D eigenvalue weighted by molar-refractivity contribution is 6.58. The van der Waals surface area contributed by atoms with E-state index in [2.05, 4.69) is 34.8 Å². The Hall–Kier alpha value is -1.02. The van der Waals surface area contributed by atoms with Crippen LogP contribution >= 0.6 is 0 Å². The van der Waals surface area contributed by atoms with Crippen molar-refractivity contribution in [3.63, 3.8) is 0 Å². The number of imidazole rings is 1. The summed E-state index contributed by atoms with van der Waals surface area (Å²) in [4.78, 5) is 3.51. The molecule has 0 aliphatic carbocycles. The molecule has 0 aromatic carbocycles. The summed E-state index contributed by atoms with van der Waals surface area (Å²) < 4.78 is 40.1. The van der Waals surface area contributed by atoms with Crippen molar-refractivity contribution in [2.75, 3.05) is 39.7 Å². The summed E-state index contributed by atoms with van der Waals surface area (Å²) >= 11 is 0. The van der Waals surface area contributed by atoms with Gasteiger partial charge in [-0.2, -0.15) is 0 Å². The van der Waals surface area contributed by atoms with Crippen molar-refractivity contribution >= 4 is 6.98 Å². The maximum absolute atomic E-state index is 11.9. The molecule has 1 aromatic rings. The lowest BCUT2D eigenvalue weighted by Crippen LogP contribution is -2.49. The Morgan fingerprint density at radius 2 is 1.77 bits per heavy atom. The van der Waals surface area contributed by atoms with Crippen LogP contribution in [0.2, 0.25) is 0 Å².